The Hall–Kier alpha value is -2.62. The third-order valence-electron chi connectivity index (χ3n) is 3.49. The van der Waals surface area contributed by atoms with Crippen molar-refractivity contribution >= 4 is 17.5 Å². The van der Waals surface area contributed by atoms with Gasteiger partial charge in [0.2, 0.25) is 11.8 Å². The van der Waals surface area contributed by atoms with E-state index in [1.165, 1.54) is 0 Å². The zero-order valence-electron chi connectivity index (χ0n) is 11.6. The second-order valence-electron chi connectivity index (χ2n) is 5.16. The fraction of sp³-hybridized carbons (Fsp3) is 0.176. The summed E-state index contributed by atoms with van der Waals surface area (Å²) in [5.41, 5.74) is 3.83. The Bertz CT molecular complexity index is 680. The van der Waals surface area contributed by atoms with E-state index in [4.69, 9.17) is 0 Å². The van der Waals surface area contributed by atoms with Crippen LogP contribution in [0.15, 0.2) is 48.5 Å². The predicted molar refractivity (Wildman–Crippen MR) is 80.8 cm³/mol. The number of anilines is 1. The summed E-state index contributed by atoms with van der Waals surface area (Å²) in [4.78, 5) is 23.3. The van der Waals surface area contributed by atoms with Gasteiger partial charge in [0.15, 0.2) is 0 Å². The number of hydrogen-bond donors (Lipinski definition) is 2. The summed E-state index contributed by atoms with van der Waals surface area (Å²) in [7, 11) is 0. The van der Waals surface area contributed by atoms with E-state index in [9.17, 15) is 9.59 Å². The van der Waals surface area contributed by atoms with Crippen molar-refractivity contribution in [1.29, 1.82) is 0 Å². The molecule has 0 aliphatic carbocycles. The molecule has 2 N–H and O–H groups in total. The van der Waals surface area contributed by atoms with Crippen molar-refractivity contribution in [3.63, 3.8) is 0 Å². The van der Waals surface area contributed by atoms with Crippen LogP contribution in [0.2, 0.25) is 0 Å². The zero-order valence-corrected chi connectivity index (χ0v) is 11.6. The Labute approximate surface area is 123 Å². The molecule has 4 nitrogen and oxygen atoms in total. The fourth-order valence-corrected chi connectivity index (χ4v) is 2.44. The van der Waals surface area contributed by atoms with Gasteiger partial charge in [0, 0.05) is 12.2 Å². The van der Waals surface area contributed by atoms with Crippen molar-refractivity contribution in [3.8, 4) is 0 Å². The Morgan fingerprint density at radius 1 is 1.10 bits per heavy atom. The summed E-state index contributed by atoms with van der Waals surface area (Å²) in [5, 5.41) is 5.69. The first-order chi connectivity index (χ1) is 10.2. The van der Waals surface area contributed by atoms with Gasteiger partial charge < -0.3 is 10.6 Å². The molecule has 0 spiro atoms. The number of carbonyl (C=O) groups excluding carboxylic acids is 2. The second-order valence-corrected chi connectivity index (χ2v) is 5.16. The molecule has 1 heterocycles. The first-order valence-corrected chi connectivity index (χ1v) is 6.93. The lowest BCUT2D eigenvalue weighted by Gasteiger charge is -2.07. The number of carbonyl (C=O) groups is 2. The lowest BCUT2D eigenvalue weighted by molar-refractivity contribution is -0.120. The summed E-state index contributed by atoms with van der Waals surface area (Å²) in [5.74, 6) is -0.00763. The maximum Gasteiger partial charge on any atom is 0.228 e. The van der Waals surface area contributed by atoms with E-state index in [1.807, 2.05) is 48.5 Å². The van der Waals surface area contributed by atoms with E-state index in [-0.39, 0.29) is 11.8 Å². The van der Waals surface area contributed by atoms with Crippen molar-refractivity contribution < 1.29 is 9.59 Å². The maximum absolute atomic E-state index is 12.0. The van der Waals surface area contributed by atoms with E-state index in [2.05, 4.69) is 10.6 Å². The number of fused-ring (bicyclic) bond motifs is 1. The average molecular weight is 280 g/mol. The van der Waals surface area contributed by atoms with Crippen molar-refractivity contribution in [2.24, 2.45) is 0 Å². The van der Waals surface area contributed by atoms with Crippen LogP contribution in [0.4, 0.5) is 5.69 Å². The third-order valence-corrected chi connectivity index (χ3v) is 3.49. The summed E-state index contributed by atoms with van der Waals surface area (Å²) >= 11 is 0. The molecule has 2 aromatic carbocycles. The van der Waals surface area contributed by atoms with Crippen molar-refractivity contribution in [1.82, 2.24) is 5.32 Å². The fourth-order valence-electron chi connectivity index (χ4n) is 2.44. The van der Waals surface area contributed by atoms with Crippen LogP contribution in [0.3, 0.4) is 0 Å². The maximum atomic E-state index is 12.0. The van der Waals surface area contributed by atoms with Crippen LogP contribution < -0.4 is 10.6 Å². The zero-order chi connectivity index (χ0) is 14.7. The van der Waals surface area contributed by atoms with E-state index >= 15 is 0 Å². The molecule has 0 atom stereocenters. The molecule has 1 aliphatic heterocycles. The quantitative estimate of drug-likeness (QED) is 0.900. The minimum Gasteiger partial charge on any atom is -0.352 e. The molecular weight excluding hydrogens is 264 g/mol. The molecule has 0 saturated carbocycles. The van der Waals surface area contributed by atoms with Gasteiger partial charge in [-0.05, 0) is 22.8 Å². The van der Waals surface area contributed by atoms with Crippen LogP contribution >= 0.6 is 0 Å². The first kappa shape index (κ1) is 13.4. The Morgan fingerprint density at radius 2 is 1.90 bits per heavy atom. The van der Waals surface area contributed by atoms with E-state index in [1.54, 1.807) is 0 Å². The molecule has 3 rings (SSSR count). The second kappa shape index (κ2) is 5.79. The minimum atomic E-state index is -0.0175. The summed E-state index contributed by atoms with van der Waals surface area (Å²) in [6.45, 7) is 0.532. The van der Waals surface area contributed by atoms with Gasteiger partial charge >= 0.3 is 0 Å². The predicted octanol–water partition coefficient (Wildman–Crippen LogP) is 2.04. The molecule has 0 radical (unpaired) electrons. The average Bonchev–Trinajstić information content (AvgIpc) is 2.85. The highest BCUT2D eigenvalue weighted by Gasteiger charge is 2.17. The van der Waals surface area contributed by atoms with Gasteiger partial charge in [-0.3, -0.25) is 9.59 Å². The molecule has 0 fully saturated rings. The molecule has 106 valence electrons. The Balaban J connectivity index is 1.58. The Kier molecular flexibility index (Phi) is 3.69. The highest BCUT2D eigenvalue weighted by atomic mass is 16.2. The number of nitrogens with one attached hydrogen (secondary N) is 2. The van der Waals surface area contributed by atoms with Crippen LogP contribution in [-0.2, 0) is 29.0 Å². The van der Waals surface area contributed by atoms with Crippen LogP contribution in [-0.4, -0.2) is 11.8 Å². The molecule has 0 saturated heterocycles. The number of rotatable bonds is 4. The molecule has 0 bridgehead atoms. The van der Waals surface area contributed by atoms with Gasteiger partial charge in [-0.1, -0.05) is 42.5 Å². The smallest absolute Gasteiger partial charge is 0.228 e. The number of benzene rings is 2. The molecular formula is C17H16N2O2. The summed E-state index contributed by atoms with van der Waals surface area (Å²) in [6, 6.07) is 15.5. The van der Waals surface area contributed by atoms with E-state index < -0.39 is 0 Å². The summed E-state index contributed by atoms with van der Waals surface area (Å²) in [6.07, 6.45) is 0.725. The lowest BCUT2D eigenvalue weighted by Crippen LogP contribution is -2.24. The van der Waals surface area contributed by atoms with Gasteiger partial charge in [0.1, 0.15) is 0 Å². The molecule has 0 aromatic heterocycles. The third kappa shape index (κ3) is 3.28. The van der Waals surface area contributed by atoms with Gasteiger partial charge in [-0.2, -0.15) is 0 Å². The largest absolute Gasteiger partial charge is 0.352 e. The van der Waals surface area contributed by atoms with Crippen LogP contribution in [0.1, 0.15) is 16.7 Å². The first-order valence-electron chi connectivity index (χ1n) is 6.93. The molecule has 2 aromatic rings. The normalized spacial score (nSPS) is 12.7. The number of amides is 2. The SMILES string of the molecule is O=C(Cc1ccc2c(c1)CC(=O)N2)NCc1ccccc1. The lowest BCUT2D eigenvalue weighted by atomic mass is 10.1. The van der Waals surface area contributed by atoms with Crippen molar-refractivity contribution in [2.75, 3.05) is 5.32 Å². The Morgan fingerprint density at radius 3 is 2.71 bits per heavy atom. The van der Waals surface area contributed by atoms with Crippen LogP contribution in [0.25, 0.3) is 0 Å². The molecule has 4 heteroatoms. The number of hydrogen-bond acceptors (Lipinski definition) is 2. The monoisotopic (exact) mass is 280 g/mol. The van der Waals surface area contributed by atoms with Crippen LogP contribution in [0, 0.1) is 0 Å². The van der Waals surface area contributed by atoms with Gasteiger partial charge in [-0.25, -0.2) is 0 Å². The molecule has 21 heavy (non-hydrogen) atoms. The summed E-state index contributed by atoms with van der Waals surface area (Å²) < 4.78 is 0. The molecule has 0 unspecified atom stereocenters. The highest BCUT2D eigenvalue weighted by Crippen LogP contribution is 2.23. The van der Waals surface area contributed by atoms with Crippen molar-refractivity contribution in [2.45, 2.75) is 19.4 Å². The van der Waals surface area contributed by atoms with Crippen molar-refractivity contribution in [3.05, 3.63) is 65.2 Å². The minimum absolute atomic E-state index is 0.00989. The van der Waals surface area contributed by atoms with Gasteiger partial charge in [0.25, 0.3) is 0 Å². The molecule has 2 amide bonds. The topological polar surface area (TPSA) is 58.2 Å². The van der Waals surface area contributed by atoms with E-state index in [0.717, 1.165) is 22.4 Å². The standard InChI is InChI=1S/C17H16N2O2/c20-16(18-11-12-4-2-1-3-5-12)9-13-6-7-15-14(8-13)10-17(21)19-15/h1-8H,9-11H2,(H,18,20)(H,19,21). The van der Waals surface area contributed by atoms with Gasteiger partial charge in [-0.15, -0.1) is 0 Å². The van der Waals surface area contributed by atoms with E-state index in [0.29, 0.717) is 19.4 Å². The van der Waals surface area contributed by atoms with Crippen LogP contribution in [0.5, 0.6) is 0 Å². The van der Waals surface area contributed by atoms with Gasteiger partial charge in [0.05, 0.1) is 12.8 Å². The molecule has 1 aliphatic rings. The highest BCUT2D eigenvalue weighted by molar-refractivity contribution is 5.99.